The lowest BCUT2D eigenvalue weighted by Gasteiger charge is -2.35. The number of hydrogen-bond acceptors (Lipinski definition) is 3. The summed E-state index contributed by atoms with van der Waals surface area (Å²) in [6.45, 7) is 1.69. The largest absolute Gasteiger partial charge is 0.322 e. The first-order valence-corrected chi connectivity index (χ1v) is 5.92. The molecule has 2 aliphatic rings. The van der Waals surface area contributed by atoms with Crippen LogP contribution in [0, 0.1) is 11.7 Å². The second-order valence-electron chi connectivity index (χ2n) is 4.97. The van der Waals surface area contributed by atoms with E-state index in [-0.39, 0.29) is 23.3 Å². The Morgan fingerprint density at radius 1 is 1.32 bits per heavy atom. The lowest BCUT2D eigenvalue weighted by molar-refractivity contribution is -0.124. The zero-order valence-electron chi connectivity index (χ0n) is 10.1. The Balaban J connectivity index is 2.26. The SMILES string of the molecule is C[C@@H]1C[C@]2(NC(=O)NC2=O)c2cc(F)ccc2C1=O. The molecule has 2 N–H and O–H groups in total. The van der Waals surface area contributed by atoms with Crippen molar-refractivity contribution in [1.82, 2.24) is 10.6 Å². The van der Waals surface area contributed by atoms with Gasteiger partial charge in [0.05, 0.1) is 0 Å². The van der Waals surface area contributed by atoms with Gasteiger partial charge in [0.2, 0.25) is 0 Å². The second kappa shape index (κ2) is 3.63. The molecule has 6 heteroatoms. The number of rotatable bonds is 0. The van der Waals surface area contributed by atoms with Crippen LogP contribution in [0.25, 0.3) is 0 Å². The fourth-order valence-electron chi connectivity index (χ4n) is 2.84. The van der Waals surface area contributed by atoms with Gasteiger partial charge < -0.3 is 5.32 Å². The quantitative estimate of drug-likeness (QED) is 0.687. The first-order chi connectivity index (χ1) is 8.94. The number of fused-ring (bicyclic) bond motifs is 2. The number of hydrogen-bond donors (Lipinski definition) is 2. The Kier molecular flexibility index (Phi) is 2.26. The first kappa shape index (κ1) is 11.8. The standard InChI is InChI=1S/C13H11FN2O3/c1-6-5-13(11(18)15-12(19)16-13)9-4-7(14)2-3-8(9)10(6)17/h2-4,6H,5H2,1H3,(H2,15,16,18,19)/t6-,13+/m1/s1. The van der Waals surface area contributed by atoms with Crippen molar-refractivity contribution in [3.8, 4) is 0 Å². The summed E-state index contributed by atoms with van der Waals surface area (Å²) in [4.78, 5) is 35.5. The van der Waals surface area contributed by atoms with E-state index in [1.165, 1.54) is 12.1 Å². The maximum atomic E-state index is 13.4. The van der Waals surface area contributed by atoms with Crippen LogP contribution in [-0.2, 0) is 10.3 Å². The summed E-state index contributed by atoms with van der Waals surface area (Å²) < 4.78 is 13.4. The van der Waals surface area contributed by atoms with Crippen molar-refractivity contribution >= 4 is 17.7 Å². The molecule has 0 radical (unpaired) electrons. The summed E-state index contributed by atoms with van der Waals surface area (Å²) >= 11 is 0. The van der Waals surface area contributed by atoms with E-state index in [2.05, 4.69) is 10.6 Å². The molecule has 1 fully saturated rings. The highest BCUT2D eigenvalue weighted by Gasteiger charge is 2.53. The highest BCUT2D eigenvalue weighted by molar-refractivity contribution is 6.11. The van der Waals surface area contributed by atoms with Crippen molar-refractivity contribution in [3.63, 3.8) is 0 Å². The van der Waals surface area contributed by atoms with Crippen LogP contribution in [0.15, 0.2) is 18.2 Å². The van der Waals surface area contributed by atoms with Crippen molar-refractivity contribution in [3.05, 3.63) is 35.1 Å². The zero-order chi connectivity index (χ0) is 13.8. The molecule has 0 unspecified atom stereocenters. The van der Waals surface area contributed by atoms with E-state index < -0.39 is 29.2 Å². The number of urea groups is 1. The van der Waals surface area contributed by atoms with Crippen LogP contribution in [0.2, 0.25) is 0 Å². The maximum Gasteiger partial charge on any atom is 0.322 e. The van der Waals surface area contributed by atoms with Gasteiger partial charge in [-0.1, -0.05) is 6.92 Å². The van der Waals surface area contributed by atoms with E-state index in [0.29, 0.717) is 0 Å². The Bertz CT molecular complexity index is 628. The molecule has 1 aliphatic heterocycles. The molecule has 1 spiro atoms. The summed E-state index contributed by atoms with van der Waals surface area (Å²) in [6.07, 6.45) is 0.139. The summed E-state index contributed by atoms with van der Waals surface area (Å²) in [7, 11) is 0. The molecular formula is C13H11FN2O3. The predicted molar refractivity (Wildman–Crippen MR) is 62.9 cm³/mol. The van der Waals surface area contributed by atoms with Crippen molar-refractivity contribution in [2.24, 2.45) is 5.92 Å². The molecule has 0 aromatic heterocycles. The second-order valence-corrected chi connectivity index (χ2v) is 4.97. The van der Waals surface area contributed by atoms with Crippen molar-refractivity contribution < 1.29 is 18.8 Å². The molecule has 1 saturated heterocycles. The number of carbonyl (C=O) groups excluding carboxylic acids is 3. The molecule has 2 atom stereocenters. The molecule has 0 saturated carbocycles. The van der Waals surface area contributed by atoms with Gasteiger partial charge in [0.15, 0.2) is 5.78 Å². The minimum atomic E-state index is -1.33. The number of amides is 3. The highest BCUT2D eigenvalue weighted by Crippen LogP contribution is 2.40. The topological polar surface area (TPSA) is 75.3 Å². The van der Waals surface area contributed by atoms with Gasteiger partial charge >= 0.3 is 6.03 Å². The van der Waals surface area contributed by atoms with E-state index in [1.54, 1.807) is 6.92 Å². The minimum Gasteiger partial charge on any atom is -0.319 e. The number of benzene rings is 1. The van der Waals surface area contributed by atoms with Gasteiger partial charge in [-0.2, -0.15) is 0 Å². The predicted octanol–water partition coefficient (Wildman–Crippen LogP) is 1.08. The fraction of sp³-hybridized carbons (Fsp3) is 0.308. The molecule has 5 nitrogen and oxygen atoms in total. The average molecular weight is 262 g/mol. The van der Waals surface area contributed by atoms with Crippen LogP contribution in [0.5, 0.6) is 0 Å². The van der Waals surface area contributed by atoms with Gasteiger partial charge in [0.25, 0.3) is 5.91 Å². The van der Waals surface area contributed by atoms with E-state index in [0.717, 1.165) is 6.07 Å². The number of Topliss-reactive ketones (excluding diaryl/α,β-unsaturated/α-hetero) is 1. The van der Waals surface area contributed by atoms with Crippen LogP contribution in [-0.4, -0.2) is 17.7 Å². The van der Waals surface area contributed by atoms with Crippen LogP contribution >= 0.6 is 0 Å². The van der Waals surface area contributed by atoms with Crippen molar-refractivity contribution in [2.45, 2.75) is 18.9 Å². The third kappa shape index (κ3) is 1.49. The van der Waals surface area contributed by atoms with Crippen LogP contribution in [0.4, 0.5) is 9.18 Å². The van der Waals surface area contributed by atoms with Gasteiger partial charge in [0, 0.05) is 17.0 Å². The Morgan fingerprint density at radius 2 is 2.05 bits per heavy atom. The number of imide groups is 1. The third-order valence-corrected chi connectivity index (χ3v) is 3.71. The van der Waals surface area contributed by atoms with Crippen LogP contribution in [0.3, 0.4) is 0 Å². The monoisotopic (exact) mass is 262 g/mol. The van der Waals surface area contributed by atoms with Crippen LogP contribution < -0.4 is 10.6 Å². The molecule has 1 aromatic rings. The summed E-state index contributed by atoms with van der Waals surface area (Å²) in [5.74, 6) is -1.64. The van der Waals surface area contributed by atoms with E-state index >= 15 is 0 Å². The highest BCUT2D eigenvalue weighted by atomic mass is 19.1. The Labute approximate surface area is 108 Å². The summed E-state index contributed by atoms with van der Waals surface area (Å²) in [5.41, 5.74) is -0.807. The van der Waals surface area contributed by atoms with Crippen molar-refractivity contribution in [2.75, 3.05) is 0 Å². The lowest BCUT2D eigenvalue weighted by atomic mass is 9.71. The fourth-order valence-corrected chi connectivity index (χ4v) is 2.84. The van der Waals surface area contributed by atoms with Crippen molar-refractivity contribution in [1.29, 1.82) is 0 Å². The summed E-state index contributed by atoms with van der Waals surface area (Å²) in [6, 6.07) is 3.06. The molecule has 3 amide bonds. The average Bonchev–Trinajstić information content (AvgIpc) is 2.62. The van der Waals surface area contributed by atoms with Gasteiger partial charge in [-0.15, -0.1) is 0 Å². The molecule has 0 bridgehead atoms. The van der Waals surface area contributed by atoms with Gasteiger partial charge in [-0.05, 0) is 24.6 Å². The smallest absolute Gasteiger partial charge is 0.319 e. The molecule has 98 valence electrons. The molecular weight excluding hydrogens is 251 g/mol. The van der Waals surface area contributed by atoms with E-state index in [9.17, 15) is 18.8 Å². The minimum absolute atomic E-state index is 0.139. The van der Waals surface area contributed by atoms with Gasteiger partial charge in [0.1, 0.15) is 11.4 Å². The number of halogens is 1. The number of nitrogens with one attached hydrogen (secondary N) is 2. The van der Waals surface area contributed by atoms with E-state index in [4.69, 9.17) is 0 Å². The molecule has 1 aromatic carbocycles. The maximum absolute atomic E-state index is 13.4. The van der Waals surface area contributed by atoms with Gasteiger partial charge in [-0.25, -0.2) is 9.18 Å². The normalized spacial score (nSPS) is 29.2. The zero-order valence-corrected chi connectivity index (χ0v) is 10.1. The molecule has 1 heterocycles. The van der Waals surface area contributed by atoms with E-state index in [1.807, 2.05) is 0 Å². The first-order valence-electron chi connectivity index (χ1n) is 5.92. The molecule has 3 rings (SSSR count). The third-order valence-electron chi connectivity index (χ3n) is 3.71. The summed E-state index contributed by atoms with van der Waals surface area (Å²) in [5, 5.41) is 4.69. The Morgan fingerprint density at radius 3 is 2.68 bits per heavy atom. The number of carbonyl (C=O) groups is 3. The lowest BCUT2D eigenvalue weighted by Crippen LogP contribution is -2.50. The van der Waals surface area contributed by atoms with Gasteiger partial charge in [-0.3, -0.25) is 14.9 Å². The Hall–Kier alpha value is -2.24. The van der Waals surface area contributed by atoms with Crippen LogP contribution in [0.1, 0.15) is 29.3 Å². The number of ketones is 1. The molecule has 1 aliphatic carbocycles. The molecule has 19 heavy (non-hydrogen) atoms.